The van der Waals surface area contributed by atoms with Crippen LogP contribution in [0.15, 0.2) is 112 Å². The fourth-order valence-corrected chi connectivity index (χ4v) is 12.4. The van der Waals surface area contributed by atoms with E-state index in [0.29, 0.717) is 43.5 Å². The summed E-state index contributed by atoms with van der Waals surface area (Å²) in [6.45, 7) is 19.8. The maximum absolute atomic E-state index is 13.6. The van der Waals surface area contributed by atoms with Crippen molar-refractivity contribution in [2.75, 3.05) is 114 Å². The van der Waals surface area contributed by atoms with Gasteiger partial charge in [0, 0.05) is 124 Å². The average molecular weight is 1070 g/mol. The monoisotopic (exact) mass is 1070 g/mol. The summed E-state index contributed by atoms with van der Waals surface area (Å²) < 4.78 is 40.5. The number of ether oxygens (including phenoxy) is 2. The Morgan fingerprint density at radius 2 is 1.54 bits per heavy atom. The number of thioether (sulfide) groups is 1. The van der Waals surface area contributed by atoms with E-state index in [0.717, 1.165) is 108 Å². The Balaban J connectivity index is 0.864. The maximum Gasteiger partial charge on any atom is 0.410 e. The summed E-state index contributed by atoms with van der Waals surface area (Å²) in [5.74, 6) is -0.206. The Morgan fingerprint density at radius 1 is 0.865 bits per heavy atom. The zero-order valence-electron chi connectivity index (χ0n) is 43.1. The van der Waals surface area contributed by atoms with Crippen molar-refractivity contribution in [3.8, 4) is 0 Å². The van der Waals surface area contributed by atoms with Crippen LogP contribution in [-0.4, -0.2) is 161 Å². The molecule has 19 heteroatoms. The molecule has 2 N–H and O–H groups in total. The number of nitrogens with zero attached hydrogens (tertiary/aromatic N) is 6. The van der Waals surface area contributed by atoms with Gasteiger partial charge in [0.05, 0.1) is 23.0 Å². The molecule has 3 aliphatic heterocycles. The highest BCUT2D eigenvalue weighted by Gasteiger charge is 2.36. The number of amides is 2. The molecule has 2 unspecified atom stereocenters. The topological polar surface area (TPSA) is 170 Å². The second-order valence-corrected chi connectivity index (χ2v) is 24.4. The second-order valence-electron chi connectivity index (χ2n) is 21.2. The fourth-order valence-electron chi connectivity index (χ4n) is 10.3. The van der Waals surface area contributed by atoms with Gasteiger partial charge in [0.2, 0.25) is 0 Å². The number of halogens is 1. The van der Waals surface area contributed by atoms with E-state index in [4.69, 9.17) is 21.1 Å². The molecule has 2 atom stereocenters. The largest absolute Gasteiger partial charge is 0.444 e. The van der Waals surface area contributed by atoms with E-state index in [1.54, 1.807) is 23.9 Å². The summed E-state index contributed by atoms with van der Waals surface area (Å²) in [5.41, 5.74) is 4.49. The number of morpholine rings is 1. The Labute approximate surface area is 445 Å². The molecule has 398 valence electrons. The summed E-state index contributed by atoms with van der Waals surface area (Å²) in [5, 5.41) is 16.5. The van der Waals surface area contributed by atoms with Crippen LogP contribution in [0.5, 0.6) is 0 Å². The lowest BCUT2D eigenvalue weighted by molar-refractivity contribution is -0.384. The van der Waals surface area contributed by atoms with E-state index in [1.807, 2.05) is 80.3 Å². The van der Waals surface area contributed by atoms with Gasteiger partial charge in [-0.05, 0) is 124 Å². The van der Waals surface area contributed by atoms with E-state index in [-0.39, 0.29) is 33.7 Å². The minimum absolute atomic E-state index is 0.0736. The van der Waals surface area contributed by atoms with Crippen LogP contribution in [0.25, 0.3) is 5.57 Å². The Hall–Kier alpha value is -5.21. The molecule has 8 rings (SSSR count). The molecule has 4 aliphatic rings. The van der Waals surface area contributed by atoms with Gasteiger partial charge in [0.25, 0.3) is 21.6 Å². The lowest BCUT2D eigenvalue weighted by Crippen LogP contribution is -2.52. The third kappa shape index (κ3) is 15.2. The maximum atomic E-state index is 13.6. The van der Waals surface area contributed by atoms with Gasteiger partial charge >= 0.3 is 6.09 Å². The molecule has 4 aromatic rings. The number of sulfonamides is 1. The van der Waals surface area contributed by atoms with Crippen LogP contribution in [0.3, 0.4) is 0 Å². The third-order valence-corrected chi connectivity index (χ3v) is 17.1. The van der Waals surface area contributed by atoms with Crippen LogP contribution in [0, 0.1) is 15.5 Å². The van der Waals surface area contributed by atoms with Crippen molar-refractivity contribution in [1.29, 1.82) is 0 Å². The summed E-state index contributed by atoms with van der Waals surface area (Å²) in [6, 6.07) is 28.5. The first-order chi connectivity index (χ1) is 35.4. The van der Waals surface area contributed by atoms with Gasteiger partial charge in [-0.2, -0.15) is 0 Å². The van der Waals surface area contributed by atoms with Gasteiger partial charge in [0.15, 0.2) is 0 Å². The van der Waals surface area contributed by atoms with Crippen LogP contribution in [-0.2, 0) is 19.5 Å². The number of nitro groups is 1. The quantitative estimate of drug-likeness (QED) is 0.0550. The predicted molar refractivity (Wildman–Crippen MR) is 294 cm³/mol. The molecular formula is C55H71ClN8O8S2. The highest BCUT2D eigenvalue weighted by Crippen LogP contribution is 2.44. The van der Waals surface area contributed by atoms with E-state index < -0.39 is 32.1 Å². The molecular weight excluding hydrogens is 1000 g/mol. The number of anilines is 2. The van der Waals surface area contributed by atoms with Crippen LogP contribution < -0.4 is 14.9 Å². The number of carbonyl (C=O) groups is 2. The average Bonchev–Trinajstić information content (AvgIpc) is 3.38. The van der Waals surface area contributed by atoms with Gasteiger partial charge in [-0.1, -0.05) is 54.4 Å². The van der Waals surface area contributed by atoms with Crippen molar-refractivity contribution in [3.05, 3.63) is 129 Å². The first-order valence-corrected chi connectivity index (χ1v) is 28.6. The number of allylic oxidation sites excluding steroid dienone is 1. The van der Waals surface area contributed by atoms with E-state index in [9.17, 15) is 28.1 Å². The van der Waals surface area contributed by atoms with Gasteiger partial charge in [-0.25, -0.2) is 17.9 Å². The van der Waals surface area contributed by atoms with Gasteiger partial charge in [-0.15, -0.1) is 11.8 Å². The molecule has 16 nitrogen and oxygen atoms in total. The molecule has 1 aliphatic carbocycles. The van der Waals surface area contributed by atoms with Crippen molar-refractivity contribution in [1.82, 2.24) is 24.3 Å². The number of hydrogen-bond acceptors (Lipinski definition) is 14. The van der Waals surface area contributed by atoms with Crippen LogP contribution in [0.4, 0.5) is 21.9 Å². The Morgan fingerprint density at radius 3 is 2.20 bits per heavy atom. The number of nitro benzene ring substituents is 1. The third-order valence-electron chi connectivity index (χ3n) is 14.3. The highest BCUT2D eigenvalue weighted by molar-refractivity contribution is 7.99. The standard InChI is InChI=1S/C55H71ClN8O8S2/c1-54(2,3)72-53(66)63-30-26-61(27-31-63)40-55(4)22-20-49(41-10-14-44(56)15-11-41)43(37-55)38-60-24-28-62(29-25-60)46-16-12-42(13-17-46)52(65)58-74(69,70)48-18-19-50(51(36-48)64(67)68)57-45(21-23-59-32-34-71-35-33-59)39-73-47-8-6-5-7-9-47/h5-19,36,45,57H,20-35,37-40H2,1-4H3,(H,58,65). The van der Waals surface area contributed by atoms with Gasteiger partial charge in [-0.3, -0.25) is 29.6 Å². The number of rotatable bonds is 18. The summed E-state index contributed by atoms with van der Waals surface area (Å²) in [7, 11) is -4.48. The molecule has 3 saturated heterocycles. The zero-order chi connectivity index (χ0) is 52.5. The predicted octanol–water partition coefficient (Wildman–Crippen LogP) is 8.98. The van der Waals surface area contributed by atoms with Gasteiger partial charge < -0.3 is 24.6 Å². The van der Waals surface area contributed by atoms with Crippen LogP contribution >= 0.6 is 23.4 Å². The molecule has 0 bridgehead atoms. The summed E-state index contributed by atoms with van der Waals surface area (Å²) in [4.78, 5) is 50.1. The van der Waals surface area contributed by atoms with E-state index in [2.05, 4.69) is 48.7 Å². The summed E-state index contributed by atoms with van der Waals surface area (Å²) in [6.07, 6.45) is 3.47. The molecule has 3 fully saturated rings. The van der Waals surface area contributed by atoms with Crippen molar-refractivity contribution < 1.29 is 32.4 Å². The second kappa shape index (κ2) is 24.6. The molecule has 0 spiro atoms. The SMILES string of the molecule is CC1(CN2CCN(C(=O)OC(C)(C)C)CC2)CCC(c2ccc(Cl)cc2)=C(CN2CCN(c3ccc(C(=O)NS(=O)(=O)c4ccc(NC(CCN5CCOCC5)CSc5ccccc5)c([N+](=O)[O-])c4)cc3)CC2)C1. The van der Waals surface area contributed by atoms with E-state index >= 15 is 0 Å². The molecule has 3 heterocycles. The first-order valence-electron chi connectivity index (χ1n) is 25.7. The molecule has 4 aromatic carbocycles. The fraction of sp³-hybridized carbons (Fsp3) is 0.491. The lowest BCUT2D eigenvalue weighted by atomic mass is 9.71. The Bertz CT molecular complexity index is 2710. The minimum atomic E-state index is -4.48. The number of carbonyl (C=O) groups excluding carboxylic acids is 2. The zero-order valence-corrected chi connectivity index (χ0v) is 45.5. The smallest absolute Gasteiger partial charge is 0.410 e. The van der Waals surface area contributed by atoms with Crippen molar-refractivity contribution in [3.63, 3.8) is 0 Å². The number of nitrogens with one attached hydrogen (secondary N) is 2. The number of hydrogen-bond donors (Lipinski definition) is 2. The molecule has 0 aromatic heterocycles. The molecule has 2 amide bonds. The number of piperazine rings is 2. The van der Waals surface area contributed by atoms with Crippen molar-refractivity contribution in [2.24, 2.45) is 5.41 Å². The van der Waals surface area contributed by atoms with Crippen molar-refractivity contribution in [2.45, 2.75) is 74.8 Å². The van der Waals surface area contributed by atoms with Crippen molar-refractivity contribution >= 4 is 68.0 Å². The van der Waals surface area contributed by atoms with E-state index in [1.165, 1.54) is 28.8 Å². The van der Waals surface area contributed by atoms with Gasteiger partial charge in [0.1, 0.15) is 11.3 Å². The number of benzene rings is 4. The molecule has 74 heavy (non-hydrogen) atoms. The van der Waals surface area contributed by atoms with Crippen LogP contribution in [0.1, 0.15) is 69.3 Å². The molecule has 0 saturated carbocycles. The minimum Gasteiger partial charge on any atom is -0.444 e. The van der Waals surface area contributed by atoms with Crippen LogP contribution in [0.2, 0.25) is 5.02 Å². The summed E-state index contributed by atoms with van der Waals surface area (Å²) >= 11 is 7.97. The molecule has 0 radical (unpaired) electrons. The highest BCUT2D eigenvalue weighted by atomic mass is 35.5. The Kier molecular flexibility index (Phi) is 18.3. The normalized spacial score (nSPS) is 20.0. The first kappa shape index (κ1) is 55.0. The lowest BCUT2D eigenvalue weighted by Gasteiger charge is -2.44.